The van der Waals surface area contributed by atoms with Gasteiger partial charge in [-0.05, 0) is 68.4 Å². The summed E-state index contributed by atoms with van der Waals surface area (Å²) in [4.78, 5) is 14.5. The maximum absolute atomic E-state index is 12.6. The number of amides is 1. The minimum absolute atomic E-state index is 0.173. The van der Waals surface area contributed by atoms with Crippen molar-refractivity contribution in [1.29, 1.82) is 0 Å². The van der Waals surface area contributed by atoms with E-state index in [1.165, 1.54) is 0 Å². The Morgan fingerprint density at radius 1 is 0.969 bits per heavy atom. The van der Waals surface area contributed by atoms with Crippen LogP contribution in [0.3, 0.4) is 0 Å². The molecule has 0 radical (unpaired) electrons. The summed E-state index contributed by atoms with van der Waals surface area (Å²) in [6.07, 6.45) is 0. The molecule has 0 saturated heterocycles. The third kappa shape index (κ3) is 4.75. The van der Waals surface area contributed by atoms with Crippen LogP contribution in [-0.4, -0.2) is 40.0 Å². The Hall–Kier alpha value is -4.20. The summed E-state index contributed by atoms with van der Waals surface area (Å²) in [6, 6.07) is 20.1. The smallest absolute Gasteiger partial charge is 0.255 e. The number of anilines is 2. The standard InChI is InChI=1S/C24H24N6O2/c1-16-14-17(2)30(28-16)22-12-13-23(27-26-22)32-21-10-8-19(9-11-21)25-24(31)18-6-5-7-20(15-18)29(3)4/h5-15H,1-4H3,(H,25,31). The van der Waals surface area contributed by atoms with E-state index in [-0.39, 0.29) is 5.91 Å². The third-order valence-corrected chi connectivity index (χ3v) is 4.81. The first-order chi connectivity index (χ1) is 15.4. The van der Waals surface area contributed by atoms with Gasteiger partial charge in [-0.25, -0.2) is 4.68 Å². The van der Waals surface area contributed by atoms with E-state index in [0.717, 1.165) is 17.1 Å². The van der Waals surface area contributed by atoms with E-state index in [1.54, 1.807) is 47.1 Å². The van der Waals surface area contributed by atoms with Crippen LogP contribution in [0.2, 0.25) is 0 Å². The molecule has 8 nitrogen and oxygen atoms in total. The van der Waals surface area contributed by atoms with Crippen LogP contribution in [0.5, 0.6) is 11.6 Å². The number of aryl methyl sites for hydroxylation is 2. The van der Waals surface area contributed by atoms with Crippen molar-refractivity contribution in [2.24, 2.45) is 0 Å². The summed E-state index contributed by atoms with van der Waals surface area (Å²) in [5, 5.41) is 15.6. The number of benzene rings is 2. The first-order valence-electron chi connectivity index (χ1n) is 10.1. The van der Waals surface area contributed by atoms with Gasteiger partial charge in [-0.15, -0.1) is 10.2 Å². The number of ether oxygens (including phenoxy) is 1. The Morgan fingerprint density at radius 2 is 1.75 bits per heavy atom. The monoisotopic (exact) mass is 428 g/mol. The Labute approximate surface area is 186 Å². The van der Waals surface area contributed by atoms with Gasteiger partial charge in [-0.3, -0.25) is 4.79 Å². The molecule has 2 aromatic heterocycles. The van der Waals surface area contributed by atoms with Gasteiger partial charge in [-0.1, -0.05) is 6.07 Å². The average Bonchev–Trinajstić information content (AvgIpc) is 3.13. The van der Waals surface area contributed by atoms with E-state index in [4.69, 9.17) is 4.74 Å². The SMILES string of the molecule is Cc1cc(C)n(-c2ccc(Oc3ccc(NC(=O)c4cccc(N(C)C)c4)cc3)nn2)n1. The molecule has 1 amide bonds. The molecule has 162 valence electrons. The summed E-state index contributed by atoms with van der Waals surface area (Å²) in [5.41, 5.74) is 4.13. The zero-order valence-electron chi connectivity index (χ0n) is 18.4. The zero-order valence-corrected chi connectivity index (χ0v) is 18.4. The van der Waals surface area contributed by atoms with Crippen molar-refractivity contribution in [1.82, 2.24) is 20.0 Å². The molecule has 4 aromatic rings. The number of hydrogen-bond acceptors (Lipinski definition) is 6. The fraction of sp³-hybridized carbons (Fsp3) is 0.167. The predicted octanol–water partition coefficient (Wildman–Crippen LogP) is 4.39. The number of nitrogens with one attached hydrogen (secondary N) is 1. The quantitative estimate of drug-likeness (QED) is 0.490. The number of carbonyl (C=O) groups excluding carboxylic acids is 1. The van der Waals surface area contributed by atoms with Crippen LogP contribution in [0, 0.1) is 13.8 Å². The fourth-order valence-corrected chi connectivity index (χ4v) is 3.20. The highest BCUT2D eigenvalue weighted by molar-refractivity contribution is 6.04. The summed E-state index contributed by atoms with van der Waals surface area (Å²) in [5.74, 6) is 1.41. The largest absolute Gasteiger partial charge is 0.438 e. The molecule has 0 bridgehead atoms. The number of hydrogen-bond donors (Lipinski definition) is 1. The lowest BCUT2D eigenvalue weighted by Crippen LogP contribution is -2.14. The molecular formula is C24H24N6O2. The third-order valence-electron chi connectivity index (χ3n) is 4.81. The molecule has 4 rings (SSSR count). The van der Waals surface area contributed by atoms with Gasteiger partial charge in [0.2, 0.25) is 5.88 Å². The Balaban J connectivity index is 1.40. The lowest BCUT2D eigenvalue weighted by atomic mass is 10.1. The van der Waals surface area contributed by atoms with Crippen LogP contribution in [0.1, 0.15) is 21.7 Å². The summed E-state index contributed by atoms with van der Waals surface area (Å²) < 4.78 is 7.50. The lowest BCUT2D eigenvalue weighted by Gasteiger charge is -2.13. The first-order valence-corrected chi connectivity index (χ1v) is 10.1. The van der Waals surface area contributed by atoms with E-state index in [9.17, 15) is 4.79 Å². The van der Waals surface area contributed by atoms with Crippen LogP contribution in [0.25, 0.3) is 5.82 Å². The van der Waals surface area contributed by atoms with Crippen molar-refractivity contribution in [2.45, 2.75) is 13.8 Å². The van der Waals surface area contributed by atoms with Gasteiger partial charge in [0.05, 0.1) is 5.69 Å². The molecule has 0 aliphatic carbocycles. The van der Waals surface area contributed by atoms with Crippen molar-refractivity contribution in [3.8, 4) is 17.4 Å². The average molecular weight is 428 g/mol. The molecule has 2 heterocycles. The van der Waals surface area contributed by atoms with Gasteiger partial charge < -0.3 is 15.0 Å². The van der Waals surface area contributed by atoms with Crippen LogP contribution < -0.4 is 15.0 Å². The predicted molar refractivity (Wildman–Crippen MR) is 124 cm³/mol. The molecular weight excluding hydrogens is 404 g/mol. The van der Waals surface area contributed by atoms with Gasteiger partial charge in [0.15, 0.2) is 5.82 Å². The fourth-order valence-electron chi connectivity index (χ4n) is 3.20. The summed E-state index contributed by atoms with van der Waals surface area (Å²) in [7, 11) is 3.88. The van der Waals surface area contributed by atoms with Gasteiger partial charge >= 0.3 is 0 Å². The molecule has 32 heavy (non-hydrogen) atoms. The van der Waals surface area contributed by atoms with Crippen molar-refractivity contribution in [2.75, 3.05) is 24.3 Å². The van der Waals surface area contributed by atoms with Crippen LogP contribution in [-0.2, 0) is 0 Å². The van der Waals surface area contributed by atoms with Crippen LogP contribution in [0.15, 0.2) is 66.7 Å². The van der Waals surface area contributed by atoms with Gasteiger partial charge in [0.25, 0.3) is 5.91 Å². The second-order valence-electron chi connectivity index (χ2n) is 7.59. The molecule has 0 fully saturated rings. The minimum Gasteiger partial charge on any atom is -0.438 e. The van der Waals surface area contributed by atoms with E-state index >= 15 is 0 Å². The number of rotatable bonds is 6. The van der Waals surface area contributed by atoms with E-state index in [0.29, 0.717) is 28.7 Å². The Bertz CT molecular complexity index is 1230. The van der Waals surface area contributed by atoms with Crippen LogP contribution in [0.4, 0.5) is 11.4 Å². The number of aromatic nitrogens is 4. The highest BCUT2D eigenvalue weighted by atomic mass is 16.5. The zero-order chi connectivity index (χ0) is 22.7. The summed E-state index contributed by atoms with van der Waals surface area (Å²) >= 11 is 0. The molecule has 0 saturated carbocycles. The normalized spacial score (nSPS) is 10.6. The van der Waals surface area contributed by atoms with E-state index < -0.39 is 0 Å². The van der Waals surface area contributed by atoms with Crippen molar-refractivity contribution in [3.63, 3.8) is 0 Å². The Morgan fingerprint density at radius 3 is 2.38 bits per heavy atom. The lowest BCUT2D eigenvalue weighted by molar-refractivity contribution is 0.102. The molecule has 0 atom stereocenters. The molecule has 0 spiro atoms. The van der Waals surface area contributed by atoms with Gasteiger partial charge in [0, 0.05) is 42.8 Å². The number of nitrogens with zero attached hydrogens (tertiary/aromatic N) is 5. The highest BCUT2D eigenvalue weighted by Crippen LogP contribution is 2.22. The van der Waals surface area contributed by atoms with Crippen molar-refractivity contribution >= 4 is 17.3 Å². The van der Waals surface area contributed by atoms with Crippen molar-refractivity contribution < 1.29 is 9.53 Å². The van der Waals surface area contributed by atoms with E-state index in [2.05, 4.69) is 20.6 Å². The molecule has 0 aliphatic rings. The molecule has 8 heteroatoms. The summed E-state index contributed by atoms with van der Waals surface area (Å²) in [6.45, 7) is 3.90. The van der Waals surface area contributed by atoms with Gasteiger partial charge in [0.1, 0.15) is 5.75 Å². The van der Waals surface area contributed by atoms with E-state index in [1.807, 2.05) is 57.1 Å². The molecule has 0 unspecified atom stereocenters. The highest BCUT2D eigenvalue weighted by Gasteiger charge is 2.09. The second-order valence-corrected chi connectivity index (χ2v) is 7.59. The molecule has 2 aromatic carbocycles. The van der Waals surface area contributed by atoms with Crippen molar-refractivity contribution in [3.05, 3.63) is 83.7 Å². The molecule has 0 aliphatic heterocycles. The van der Waals surface area contributed by atoms with Crippen LogP contribution >= 0.6 is 0 Å². The second kappa shape index (κ2) is 8.89. The molecule has 1 N–H and O–H groups in total. The maximum atomic E-state index is 12.6. The maximum Gasteiger partial charge on any atom is 0.255 e. The van der Waals surface area contributed by atoms with Gasteiger partial charge in [-0.2, -0.15) is 5.10 Å². The first kappa shape index (κ1) is 21.0. The Kier molecular flexibility index (Phi) is 5.85. The minimum atomic E-state index is -0.173. The topological polar surface area (TPSA) is 85.2 Å². The number of carbonyl (C=O) groups is 1.